The zero-order valence-corrected chi connectivity index (χ0v) is 15.0. The third-order valence-electron chi connectivity index (χ3n) is 3.62. The molecule has 7 heteroatoms. The van der Waals surface area contributed by atoms with Gasteiger partial charge in [0.25, 0.3) is 5.91 Å². The lowest BCUT2D eigenvalue weighted by Gasteiger charge is -2.08. The molecule has 3 rings (SSSR count). The van der Waals surface area contributed by atoms with Crippen molar-refractivity contribution >= 4 is 34.7 Å². The molecule has 136 valence electrons. The molecule has 0 saturated heterocycles. The highest BCUT2D eigenvalue weighted by molar-refractivity contribution is 6.03. The van der Waals surface area contributed by atoms with E-state index in [0.29, 0.717) is 17.2 Å². The molecule has 7 nitrogen and oxygen atoms in total. The van der Waals surface area contributed by atoms with Crippen molar-refractivity contribution in [3.8, 4) is 0 Å². The van der Waals surface area contributed by atoms with E-state index in [0.717, 1.165) is 11.3 Å². The molecule has 3 N–H and O–H groups in total. The van der Waals surface area contributed by atoms with Gasteiger partial charge in [-0.3, -0.25) is 9.59 Å². The van der Waals surface area contributed by atoms with Crippen molar-refractivity contribution < 1.29 is 9.59 Å². The van der Waals surface area contributed by atoms with E-state index >= 15 is 0 Å². The number of benzene rings is 2. The predicted octanol–water partition coefficient (Wildman–Crippen LogP) is 3.74. The fraction of sp³-hybridized carbons (Fsp3) is 0.100. The summed E-state index contributed by atoms with van der Waals surface area (Å²) in [5, 5.41) is 8.54. The van der Waals surface area contributed by atoms with E-state index < -0.39 is 0 Å². The van der Waals surface area contributed by atoms with Gasteiger partial charge < -0.3 is 16.0 Å². The zero-order chi connectivity index (χ0) is 19.2. The van der Waals surface area contributed by atoms with Gasteiger partial charge in [0, 0.05) is 24.0 Å². The average Bonchev–Trinajstić information content (AvgIpc) is 2.62. The fourth-order valence-electron chi connectivity index (χ4n) is 2.45. The van der Waals surface area contributed by atoms with Gasteiger partial charge >= 0.3 is 0 Å². The van der Waals surface area contributed by atoms with Gasteiger partial charge in [-0.05, 0) is 42.8 Å². The first-order valence-corrected chi connectivity index (χ1v) is 8.34. The minimum atomic E-state index is -0.385. The largest absolute Gasteiger partial charge is 0.339 e. The lowest BCUT2D eigenvalue weighted by atomic mass is 10.2. The number of carbonyl (C=O) groups is 2. The number of aryl methyl sites for hydroxylation is 1. The Balaban J connectivity index is 1.66. The lowest BCUT2D eigenvalue weighted by molar-refractivity contribution is -0.114. The van der Waals surface area contributed by atoms with Crippen LogP contribution in [0.25, 0.3) is 0 Å². The van der Waals surface area contributed by atoms with E-state index in [9.17, 15) is 9.59 Å². The van der Waals surface area contributed by atoms with Crippen LogP contribution in [-0.2, 0) is 4.79 Å². The summed E-state index contributed by atoms with van der Waals surface area (Å²) in [6, 6.07) is 14.7. The van der Waals surface area contributed by atoms with Crippen LogP contribution >= 0.6 is 0 Å². The van der Waals surface area contributed by atoms with Crippen molar-refractivity contribution in [2.45, 2.75) is 13.8 Å². The zero-order valence-electron chi connectivity index (χ0n) is 15.0. The van der Waals surface area contributed by atoms with Crippen LogP contribution in [-0.4, -0.2) is 21.8 Å². The molecule has 0 bridgehead atoms. The average molecular weight is 361 g/mol. The Labute approximate surface area is 156 Å². The second-order valence-electron chi connectivity index (χ2n) is 6.00. The number of amides is 2. The monoisotopic (exact) mass is 361 g/mol. The van der Waals surface area contributed by atoms with Crippen LogP contribution in [0.5, 0.6) is 0 Å². The summed E-state index contributed by atoms with van der Waals surface area (Å²) >= 11 is 0. The van der Waals surface area contributed by atoms with Crippen LogP contribution in [0.3, 0.4) is 0 Å². The molecule has 2 amide bonds. The third-order valence-corrected chi connectivity index (χ3v) is 3.62. The van der Waals surface area contributed by atoms with E-state index in [2.05, 4.69) is 25.9 Å². The van der Waals surface area contributed by atoms with Crippen molar-refractivity contribution in [3.63, 3.8) is 0 Å². The maximum Gasteiger partial charge on any atom is 0.275 e. The molecule has 0 unspecified atom stereocenters. The molecule has 0 atom stereocenters. The molecule has 1 heterocycles. The van der Waals surface area contributed by atoms with E-state index in [-0.39, 0.29) is 17.5 Å². The predicted molar refractivity (Wildman–Crippen MR) is 105 cm³/mol. The highest BCUT2D eigenvalue weighted by Gasteiger charge is 2.09. The van der Waals surface area contributed by atoms with Gasteiger partial charge in [0.2, 0.25) is 5.91 Å². The summed E-state index contributed by atoms with van der Waals surface area (Å²) < 4.78 is 0. The Bertz CT molecular complexity index is 970. The summed E-state index contributed by atoms with van der Waals surface area (Å²) in [7, 11) is 0. The first kappa shape index (κ1) is 18.1. The SMILES string of the molecule is CC(=O)Nc1cccc(NC(=O)c2cnc(Nc3cccc(C)c3)cn2)c1. The van der Waals surface area contributed by atoms with Crippen molar-refractivity contribution in [2.24, 2.45) is 0 Å². The molecule has 0 radical (unpaired) electrons. The second kappa shape index (κ2) is 8.09. The van der Waals surface area contributed by atoms with E-state index in [1.54, 1.807) is 24.3 Å². The molecule has 0 spiro atoms. The number of aromatic nitrogens is 2. The molecular formula is C20H19N5O2. The molecule has 27 heavy (non-hydrogen) atoms. The highest BCUT2D eigenvalue weighted by Crippen LogP contribution is 2.17. The Morgan fingerprint density at radius 3 is 2.22 bits per heavy atom. The van der Waals surface area contributed by atoms with Crippen LogP contribution in [0, 0.1) is 6.92 Å². The second-order valence-corrected chi connectivity index (χ2v) is 6.00. The van der Waals surface area contributed by atoms with Crippen molar-refractivity contribution in [3.05, 3.63) is 72.2 Å². The maximum atomic E-state index is 12.3. The van der Waals surface area contributed by atoms with E-state index in [1.165, 1.54) is 19.3 Å². The molecule has 3 aromatic rings. The summed E-state index contributed by atoms with van der Waals surface area (Å²) in [6.45, 7) is 3.43. The summed E-state index contributed by atoms with van der Waals surface area (Å²) in [4.78, 5) is 31.9. The lowest BCUT2D eigenvalue weighted by Crippen LogP contribution is -2.14. The van der Waals surface area contributed by atoms with Crippen molar-refractivity contribution in [1.29, 1.82) is 0 Å². The summed E-state index contributed by atoms with van der Waals surface area (Å²) in [5.74, 6) is -0.0181. The normalized spacial score (nSPS) is 10.1. The van der Waals surface area contributed by atoms with Gasteiger partial charge in [-0.25, -0.2) is 9.97 Å². The summed E-state index contributed by atoms with van der Waals surface area (Å²) in [6.07, 6.45) is 2.91. The Morgan fingerprint density at radius 2 is 1.56 bits per heavy atom. The fourth-order valence-corrected chi connectivity index (χ4v) is 2.45. The number of nitrogens with zero attached hydrogens (tertiary/aromatic N) is 2. The van der Waals surface area contributed by atoms with Gasteiger partial charge in [0.05, 0.1) is 12.4 Å². The smallest absolute Gasteiger partial charge is 0.275 e. The molecule has 0 aliphatic rings. The number of carbonyl (C=O) groups excluding carboxylic acids is 2. The molecule has 0 aliphatic carbocycles. The standard InChI is InChI=1S/C20H19N5O2/c1-13-5-3-6-15(9-13)24-19-12-21-18(11-22-19)20(27)25-17-8-4-7-16(10-17)23-14(2)26/h3-12H,1-2H3,(H,22,24)(H,23,26)(H,25,27). The van der Waals surface area contributed by atoms with Crippen molar-refractivity contribution in [2.75, 3.05) is 16.0 Å². The number of anilines is 4. The molecule has 0 fully saturated rings. The van der Waals surface area contributed by atoms with Gasteiger partial charge in [0.1, 0.15) is 11.5 Å². The molecule has 1 aromatic heterocycles. The minimum Gasteiger partial charge on any atom is -0.339 e. The van der Waals surface area contributed by atoms with Crippen LogP contribution < -0.4 is 16.0 Å². The van der Waals surface area contributed by atoms with Crippen LogP contribution in [0.15, 0.2) is 60.9 Å². The number of nitrogens with one attached hydrogen (secondary N) is 3. The highest BCUT2D eigenvalue weighted by atomic mass is 16.2. The van der Waals surface area contributed by atoms with Crippen molar-refractivity contribution in [1.82, 2.24) is 9.97 Å². The first-order valence-electron chi connectivity index (χ1n) is 8.34. The topological polar surface area (TPSA) is 96.0 Å². The Hall–Kier alpha value is -3.74. The first-order chi connectivity index (χ1) is 13.0. The molecule has 2 aromatic carbocycles. The van der Waals surface area contributed by atoms with Crippen LogP contribution in [0.2, 0.25) is 0 Å². The van der Waals surface area contributed by atoms with Crippen LogP contribution in [0.1, 0.15) is 23.0 Å². The van der Waals surface area contributed by atoms with Gasteiger partial charge in [-0.15, -0.1) is 0 Å². The number of hydrogen-bond acceptors (Lipinski definition) is 5. The van der Waals surface area contributed by atoms with Crippen LogP contribution in [0.4, 0.5) is 22.9 Å². The van der Waals surface area contributed by atoms with E-state index in [1.807, 2.05) is 31.2 Å². The van der Waals surface area contributed by atoms with Gasteiger partial charge in [-0.2, -0.15) is 0 Å². The van der Waals surface area contributed by atoms with Gasteiger partial charge in [-0.1, -0.05) is 18.2 Å². The molecule has 0 aliphatic heterocycles. The Morgan fingerprint density at radius 1 is 0.852 bits per heavy atom. The van der Waals surface area contributed by atoms with E-state index in [4.69, 9.17) is 0 Å². The molecular weight excluding hydrogens is 342 g/mol. The third kappa shape index (κ3) is 5.12. The maximum absolute atomic E-state index is 12.3. The quantitative estimate of drug-likeness (QED) is 0.643. The Kier molecular flexibility index (Phi) is 5.41. The number of rotatable bonds is 5. The summed E-state index contributed by atoms with van der Waals surface area (Å²) in [5.41, 5.74) is 3.37. The minimum absolute atomic E-state index is 0.180. The van der Waals surface area contributed by atoms with Gasteiger partial charge in [0.15, 0.2) is 0 Å². The number of hydrogen-bond donors (Lipinski definition) is 3. The molecule has 0 saturated carbocycles.